The molecular formula is C20H20N4O. The monoisotopic (exact) mass is 332 g/mol. The number of hydrogen-bond acceptors (Lipinski definition) is 4. The van der Waals surface area contributed by atoms with Gasteiger partial charge in [-0.05, 0) is 35.4 Å². The Morgan fingerprint density at radius 3 is 2.16 bits per heavy atom. The van der Waals surface area contributed by atoms with E-state index in [1.54, 1.807) is 12.1 Å². The second kappa shape index (κ2) is 8.08. The molecule has 3 aromatic rings. The highest BCUT2D eigenvalue weighted by Crippen LogP contribution is 2.15. The van der Waals surface area contributed by atoms with E-state index in [4.69, 9.17) is 5.73 Å². The number of nitrogens with one attached hydrogen (secondary N) is 2. The van der Waals surface area contributed by atoms with Gasteiger partial charge in [-0.15, -0.1) is 0 Å². The van der Waals surface area contributed by atoms with Crippen molar-refractivity contribution in [2.45, 2.75) is 13.1 Å². The summed E-state index contributed by atoms with van der Waals surface area (Å²) in [7, 11) is 0. The van der Waals surface area contributed by atoms with Crippen molar-refractivity contribution < 1.29 is 4.79 Å². The molecule has 0 spiro atoms. The molecule has 0 radical (unpaired) electrons. The average molecular weight is 332 g/mol. The number of nitrogens with two attached hydrogens (primary N) is 1. The minimum atomic E-state index is -0.480. The highest BCUT2D eigenvalue weighted by Gasteiger charge is 2.01. The van der Waals surface area contributed by atoms with E-state index < -0.39 is 5.91 Å². The van der Waals surface area contributed by atoms with Gasteiger partial charge in [-0.2, -0.15) is 0 Å². The molecule has 4 N–H and O–H groups in total. The Kier molecular flexibility index (Phi) is 5.39. The topological polar surface area (TPSA) is 80.0 Å². The molecule has 2 aromatic carbocycles. The van der Waals surface area contributed by atoms with Gasteiger partial charge < -0.3 is 16.4 Å². The molecule has 0 atom stereocenters. The number of aromatic nitrogens is 1. The number of primary amides is 1. The average Bonchev–Trinajstić information content (AvgIpc) is 2.64. The SMILES string of the molecule is NC(=O)c1ccc(Nc2ccc(CNCc3ccccc3)cc2)nc1. The van der Waals surface area contributed by atoms with Crippen LogP contribution in [0.1, 0.15) is 21.5 Å². The van der Waals surface area contributed by atoms with Crippen molar-refractivity contribution >= 4 is 17.4 Å². The molecule has 126 valence electrons. The molecule has 25 heavy (non-hydrogen) atoms. The first-order valence-electron chi connectivity index (χ1n) is 8.07. The van der Waals surface area contributed by atoms with E-state index in [-0.39, 0.29) is 0 Å². The molecule has 5 nitrogen and oxygen atoms in total. The van der Waals surface area contributed by atoms with Crippen LogP contribution in [0, 0.1) is 0 Å². The van der Waals surface area contributed by atoms with Crippen molar-refractivity contribution in [3.8, 4) is 0 Å². The number of carbonyl (C=O) groups excluding carboxylic acids is 1. The Labute approximate surface area is 146 Å². The fourth-order valence-electron chi connectivity index (χ4n) is 2.41. The summed E-state index contributed by atoms with van der Waals surface area (Å²) in [6.45, 7) is 1.65. The van der Waals surface area contributed by atoms with E-state index in [9.17, 15) is 4.79 Å². The van der Waals surface area contributed by atoms with Gasteiger partial charge in [0.15, 0.2) is 0 Å². The minimum absolute atomic E-state index is 0.394. The fourth-order valence-corrected chi connectivity index (χ4v) is 2.41. The summed E-state index contributed by atoms with van der Waals surface area (Å²) in [6, 6.07) is 21.8. The van der Waals surface area contributed by atoms with Gasteiger partial charge in [0.1, 0.15) is 5.82 Å². The predicted molar refractivity (Wildman–Crippen MR) is 99.5 cm³/mol. The number of nitrogens with zero attached hydrogens (tertiary/aromatic N) is 1. The molecule has 0 fully saturated rings. The zero-order valence-corrected chi connectivity index (χ0v) is 13.8. The minimum Gasteiger partial charge on any atom is -0.366 e. The number of benzene rings is 2. The molecule has 0 aliphatic carbocycles. The predicted octanol–water partition coefficient (Wildman–Crippen LogP) is 3.21. The summed E-state index contributed by atoms with van der Waals surface area (Å²) in [6.07, 6.45) is 1.46. The number of carbonyl (C=O) groups is 1. The fraction of sp³-hybridized carbons (Fsp3) is 0.100. The maximum Gasteiger partial charge on any atom is 0.250 e. The number of amides is 1. The highest BCUT2D eigenvalue weighted by molar-refractivity contribution is 5.92. The van der Waals surface area contributed by atoms with Gasteiger partial charge in [0, 0.05) is 25.0 Å². The second-order valence-corrected chi connectivity index (χ2v) is 5.71. The van der Waals surface area contributed by atoms with E-state index in [0.717, 1.165) is 18.8 Å². The summed E-state index contributed by atoms with van der Waals surface area (Å²) in [4.78, 5) is 15.2. The second-order valence-electron chi connectivity index (χ2n) is 5.71. The van der Waals surface area contributed by atoms with Crippen molar-refractivity contribution in [3.63, 3.8) is 0 Å². The van der Waals surface area contributed by atoms with Crippen molar-refractivity contribution in [2.75, 3.05) is 5.32 Å². The molecule has 1 aromatic heterocycles. The maximum absolute atomic E-state index is 11.0. The van der Waals surface area contributed by atoms with Crippen LogP contribution in [0.2, 0.25) is 0 Å². The Balaban J connectivity index is 1.52. The quantitative estimate of drug-likeness (QED) is 0.621. The molecule has 0 saturated heterocycles. The molecule has 1 amide bonds. The van der Waals surface area contributed by atoms with Crippen molar-refractivity contribution in [1.82, 2.24) is 10.3 Å². The maximum atomic E-state index is 11.0. The lowest BCUT2D eigenvalue weighted by molar-refractivity contribution is 0.1000. The third kappa shape index (κ3) is 4.89. The van der Waals surface area contributed by atoms with Crippen LogP contribution in [0.4, 0.5) is 11.5 Å². The number of anilines is 2. The summed E-state index contributed by atoms with van der Waals surface area (Å²) < 4.78 is 0. The molecule has 1 heterocycles. The molecule has 0 saturated carbocycles. The third-order valence-corrected chi connectivity index (χ3v) is 3.78. The lowest BCUT2D eigenvalue weighted by atomic mass is 10.2. The van der Waals surface area contributed by atoms with Crippen LogP contribution in [0.5, 0.6) is 0 Å². The molecule has 0 aliphatic heterocycles. The summed E-state index contributed by atoms with van der Waals surface area (Å²) >= 11 is 0. The van der Waals surface area contributed by atoms with Crippen LogP contribution in [0.3, 0.4) is 0 Å². The van der Waals surface area contributed by atoms with Crippen molar-refractivity contribution in [3.05, 3.63) is 89.6 Å². The third-order valence-electron chi connectivity index (χ3n) is 3.78. The van der Waals surface area contributed by atoms with Gasteiger partial charge in [0.2, 0.25) is 5.91 Å². The largest absolute Gasteiger partial charge is 0.366 e. The number of hydrogen-bond donors (Lipinski definition) is 3. The Hall–Kier alpha value is -3.18. The molecule has 0 aliphatic rings. The normalized spacial score (nSPS) is 10.4. The standard InChI is InChI=1S/C20H20N4O/c21-20(25)17-8-11-19(23-14-17)24-18-9-6-16(7-10-18)13-22-12-15-4-2-1-3-5-15/h1-11,14,22H,12-13H2,(H2,21,25)(H,23,24). The lowest BCUT2D eigenvalue weighted by Gasteiger charge is -2.08. The Bertz CT molecular complexity index is 815. The van der Waals surface area contributed by atoms with Crippen LogP contribution in [0.25, 0.3) is 0 Å². The Morgan fingerprint density at radius 1 is 0.880 bits per heavy atom. The number of rotatable bonds is 7. The summed E-state index contributed by atoms with van der Waals surface area (Å²) in [5.41, 5.74) is 9.01. The van der Waals surface area contributed by atoms with Crippen LogP contribution >= 0.6 is 0 Å². The van der Waals surface area contributed by atoms with Gasteiger partial charge in [-0.1, -0.05) is 42.5 Å². The molecule has 3 rings (SSSR count). The first kappa shape index (κ1) is 16.7. The summed E-state index contributed by atoms with van der Waals surface area (Å²) in [5.74, 6) is 0.186. The van der Waals surface area contributed by atoms with E-state index in [2.05, 4.69) is 39.9 Å². The highest BCUT2D eigenvalue weighted by atomic mass is 16.1. The molecule has 5 heteroatoms. The van der Waals surface area contributed by atoms with Crippen molar-refractivity contribution in [2.24, 2.45) is 5.73 Å². The van der Waals surface area contributed by atoms with E-state index in [0.29, 0.717) is 11.4 Å². The smallest absolute Gasteiger partial charge is 0.250 e. The van der Waals surface area contributed by atoms with Gasteiger partial charge in [-0.3, -0.25) is 4.79 Å². The zero-order chi connectivity index (χ0) is 17.5. The zero-order valence-electron chi connectivity index (χ0n) is 13.8. The van der Waals surface area contributed by atoms with Gasteiger partial charge in [0.05, 0.1) is 5.56 Å². The van der Waals surface area contributed by atoms with Crippen molar-refractivity contribution in [1.29, 1.82) is 0 Å². The van der Waals surface area contributed by atoms with Gasteiger partial charge in [-0.25, -0.2) is 4.98 Å². The van der Waals surface area contributed by atoms with Gasteiger partial charge in [0.25, 0.3) is 0 Å². The van der Waals surface area contributed by atoms with E-state index in [1.807, 2.05) is 30.3 Å². The Morgan fingerprint density at radius 2 is 1.56 bits per heavy atom. The molecule has 0 bridgehead atoms. The number of pyridine rings is 1. The summed E-state index contributed by atoms with van der Waals surface area (Å²) in [5, 5.41) is 6.62. The van der Waals surface area contributed by atoms with Crippen LogP contribution in [0.15, 0.2) is 72.9 Å². The lowest BCUT2D eigenvalue weighted by Crippen LogP contribution is -2.12. The first-order chi connectivity index (χ1) is 12.2. The van der Waals surface area contributed by atoms with Crippen LogP contribution in [-0.4, -0.2) is 10.9 Å². The molecular weight excluding hydrogens is 312 g/mol. The van der Waals surface area contributed by atoms with Crippen LogP contribution in [-0.2, 0) is 13.1 Å². The molecule has 0 unspecified atom stereocenters. The van der Waals surface area contributed by atoms with E-state index >= 15 is 0 Å². The van der Waals surface area contributed by atoms with Gasteiger partial charge >= 0.3 is 0 Å². The van der Waals surface area contributed by atoms with E-state index in [1.165, 1.54) is 17.3 Å². The first-order valence-corrected chi connectivity index (χ1v) is 8.07. The van der Waals surface area contributed by atoms with Crippen LogP contribution < -0.4 is 16.4 Å².